The smallest absolute Gasteiger partial charge is 0.410 e. The predicted octanol–water partition coefficient (Wildman–Crippen LogP) is 7.51. The second kappa shape index (κ2) is 22.5. The number of cyclic esters (lactones) is 1. The number of carbonyl (C=O) groups excluding carboxylic acids is 3. The predicted molar refractivity (Wildman–Crippen MR) is 256 cm³/mol. The van der Waals surface area contributed by atoms with Gasteiger partial charge in [0, 0.05) is 62.0 Å². The van der Waals surface area contributed by atoms with E-state index in [-0.39, 0.29) is 43.7 Å². The van der Waals surface area contributed by atoms with Gasteiger partial charge in [0.25, 0.3) is 0 Å². The van der Waals surface area contributed by atoms with E-state index in [2.05, 4.69) is 11.9 Å². The number of methoxy groups -OCH3 is 2. The number of carbonyl (C=O) groups is 3. The Morgan fingerprint density at radius 2 is 1.51 bits per heavy atom. The van der Waals surface area contributed by atoms with Crippen molar-refractivity contribution in [1.82, 2.24) is 9.80 Å². The van der Waals surface area contributed by atoms with Crippen LogP contribution in [0.15, 0.2) is 24.3 Å². The van der Waals surface area contributed by atoms with Crippen molar-refractivity contribution in [2.24, 2.45) is 23.7 Å². The molecule has 2 N–H and O–H groups in total. The van der Waals surface area contributed by atoms with Crippen LogP contribution < -0.4 is 0 Å². The highest BCUT2D eigenvalue weighted by Gasteiger charge is 2.61. The number of ether oxygens (including phenoxy) is 8. The third kappa shape index (κ3) is 11.4. The van der Waals surface area contributed by atoms with Crippen LogP contribution in [0.25, 0.3) is 0 Å². The highest BCUT2D eigenvalue weighted by atomic mass is 35.5. The van der Waals surface area contributed by atoms with Crippen LogP contribution in [0.1, 0.15) is 133 Å². The van der Waals surface area contributed by atoms with Crippen LogP contribution in [0.2, 0.25) is 5.02 Å². The van der Waals surface area contributed by atoms with Crippen LogP contribution in [0, 0.1) is 23.7 Å². The molecule has 68 heavy (non-hydrogen) atoms. The van der Waals surface area contributed by atoms with Gasteiger partial charge in [-0.1, -0.05) is 70.7 Å². The third-order valence-electron chi connectivity index (χ3n) is 16.7. The number of ketones is 1. The summed E-state index contributed by atoms with van der Waals surface area (Å²) in [6, 6.07) is 6.64. The van der Waals surface area contributed by atoms with E-state index in [1.165, 1.54) is 13.5 Å². The van der Waals surface area contributed by atoms with E-state index in [9.17, 15) is 19.8 Å². The minimum Gasteiger partial charge on any atom is -0.458 e. The maximum absolute atomic E-state index is 15.1. The molecule has 1 aromatic rings. The van der Waals surface area contributed by atoms with Gasteiger partial charge in [-0.15, -0.1) is 0 Å². The summed E-state index contributed by atoms with van der Waals surface area (Å²) in [6.45, 7) is 18.6. The lowest BCUT2D eigenvalue weighted by molar-refractivity contribution is -0.320. The molecule has 1 aromatic carbocycles. The lowest BCUT2D eigenvalue weighted by Gasteiger charge is -2.50. The Hall–Kier alpha value is -2.44. The molecule has 4 aliphatic heterocycles. The minimum atomic E-state index is -1.43. The summed E-state index contributed by atoms with van der Waals surface area (Å²) < 4.78 is 52.2. The van der Waals surface area contributed by atoms with E-state index < -0.39 is 108 Å². The van der Waals surface area contributed by atoms with Gasteiger partial charge in [0.1, 0.15) is 24.1 Å². The quantitative estimate of drug-likeness (QED) is 0.197. The van der Waals surface area contributed by atoms with Crippen LogP contribution in [0.3, 0.4) is 0 Å². The molecule has 15 nitrogen and oxygen atoms in total. The van der Waals surface area contributed by atoms with Crippen LogP contribution >= 0.6 is 11.6 Å². The monoisotopic (exact) mass is 979 g/mol. The summed E-state index contributed by atoms with van der Waals surface area (Å²) in [6.07, 6.45) is -1.33. The van der Waals surface area contributed by atoms with Gasteiger partial charge in [-0.2, -0.15) is 0 Å². The lowest BCUT2D eigenvalue weighted by atomic mass is 9.73. The van der Waals surface area contributed by atoms with Gasteiger partial charge in [-0.25, -0.2) is 4.79 Å². The molecule has 5 aliphatic rings. The molecule has 0 spiro atoms. The van der Waals surface area contributed by atoms with Crippen molar-refractivity contribution in [3.63, 3.8) is 0 Å². The molecule has 6 rings (SSSR count). The van der Waals surface area contributed by atoms with E-state index in [0.29, 0.717) is 23.9 Å². The van der Waals surface area contributed by atoms with Crippen LogP contribution in [0.5, 0.6) is 0 Å². The van der Waals surface area contributed by atoms with Crippen LogP contribution in [0.4, 0.5) is 4.79 Å². The Labute approximate surface area is 410 Å². The number of fused-ring (bicyclic) bond motifs is 1. The van der Waals surface area contributed by atoms with Crippen LogP contribution in [-0.4, -0.2) is 156 Å². The highest BCUT2D eigenvalue weighted by Crippen LogP contribution is 2.45. The Bertz CT molecular complexity index is 1850. The summed E-state index contributed by atoms with van der Waals surface area (Å²) in [5.74, 6) is -3.90. The molecule has 16 heteroatoms. The van der Waals surface area contributed by atoms with Gasteiger partial charge >= 0.3 is 12.1 Å². The molecule has 0 aromatic heterocycles. The average Bonchev–Trinajstić information content (AvgIpc) is 3.58. The van der Waals surface area contributed by atoms with E-state index in [0.717, 1.165) is 31.2 Å². The Morgan fingerprint density at radius 1 is 0.868 bits per heavy atom. The number of likely N-dealkylation sites (N-methyl/N-ethyl adjacent to an activating group) is 1. The number of aliphatic hydroxyl groups excluding tert-OH is 2. The largest absolute Gasteiger partial charge is 0.458 e. The highest BCUT2D eigenvalue weighted by molar-refractivity contribution is 6.30. The van der Waals surface area contributed by atoms with Gasteiger partial charge in [0.15, 0.2) is 18.2 Å². The Balaban J connectivity index is 1.43. The molecule has 0 radical (unpaired) electrons. The number of hydrogen-bond donors (Lipinski definition) is 2. The fourth-order valence-corrected chi connectivity index (χ4v) is 12.5. The maximum Gasteiger partial charge on any atom is 0.410 e. The molecule has 4 heterocycles. The molecular weight excluding hydrogens is 896 g/mol. The molecule has 386 valence electrons. The van der Waals surface area contributed by atoms with Crippen molar-refractivity contribution in [3.8, 4) is 0 Å². The van der Waals surface area contributed by atoms with Gasteiger partial charge in [-0.3, -0.25) is 19.4 Å². The number of rotatable bonds is 12. The van der Waals surface area contributed by atoms with E-state index in [4.69, 9.17) is 49.5 Å². The first kappa shape index (κ1) is 54.9. The number of nitrogens with zero attached hydrogens (tertiary/aromatic N) is 2. The van der Waals surface area contributed by atoms with Crippen molar-refractivity contribution >= 4 is 29.4 Å². The van der Waals surface area contributed by atoms with E-state index in [1.807, 2.05) is 53.7 Å². The standard InChI is InChI=1S/C52H83ClN2O13/c1-14-39-52(10)44(55(49(60)68-52)25-24-35-20-22-36(53)23-21-35)31(4)41(56)29(2)27-51(9,62-13)46(67-48-42(57)38(26-30(3)63-48)54(11)37-18-16-15-17-19-37)32(5)43(33(6)47(59)65-39)66-40-28-50(8,61-12)45(58)34(7)64-40/h20-23,29-34,37-40,42-46,48,57-58H,14-19,24-28H2,1-13H3/t29-,30-,31+,32+,33-,34+,38+,39-,40?,42-,43+,44-,45+,46-,48?,50-,51+,52-/m1/s1. The number of halogens is 1. The lowest BCUT2D eigenvalue weighted by Crippen LogP contribution is -2.62. The maximum atomic E-state index is 15.1. The first-order valence-electron chi connectivity index (χ1n) is 25.3. The van der Waals surface area contributed by atoms with Gasteiger partial charge in [0.05, 0.1) is 47.6 Å². The van der Waals surface area contributed by atoms with E-state index in [1.54, 1.807) is 51.8 Å². The molecule has 1 aliphatic carbocycles. The second-order valence-corrected chi connectivity index (χ2v) is 22.0. The zero-order valence-electron chi connectivity index (χ0n) is 43.0. The van der Waals surface area contributed by atoms with Crippen molar-refractivity contribution in [1.29, 1.82) is 0 Å². The molecule has 1 amide bonds. The van der Waals surface area contributed by atoms with Crippen molar-refractivity contribution in [2.75, 3.05) is 27.8 Å². The summed E-state index contributed by atoms with van der Waals surface area (Å²) in [5, 5.41) is 24.1. The molecule has 1 saturated carbocycles. The first-order chi connectivity index (χ1) is 32.0. The van der Waals surface area contributed by atoms with Crippen molar-refractivity contribution in [3.05, 3.63) is 34.9 Å². The Morgan fingerprint density at radius 3 is 2.13 bits per heavy atom. The topological polar surface area (TPSA) is 172 Å². The number of benzene rings is 1. The fraction of sp³-hybridized carbons (Fsp3) is 0.827. The minimum absolute atomic E-state index is 0.132. The van der Waals surface area contributed by atoms with Crippen molar-refractivity contribution < 1.29 is 62.5 Å². The first-order valence-corrected chi connectivity index (χ1v) is 25.7. The molecule has 4 saturated heterocycles. The summed E-state index contributed by atoms with van der Waals surface area (Å²) in [5.41, 5.74) is -2.79. The zero-order valence-corrected chi connectivity index (χ0v) is 43.7. The number of hydrogen-bond acceptors (Lipinski definition) is 14. The summed E-state index contributed by atoms with van der Waals surface area (Å²) >= 11 is 6.19. The molecule has 2 unspecified atom stereocenters. The molecule has 0 bridgehead atoms. The molecule has 5 fully saturated rings. The number of amides is 1. The molecule has 18 atom stereocenters. The Kier molecular flexibility index (Phi) is 18.2. The second-order valence-electron chi connectivity index (χ2n) is 21.5. The molecular formula is C52H83ClN2O13. The SMILES string of the molecule is CC[C@H]1OC(=O)[C@H](C)[C@@H](OC2C[C@@](C)(OC)[C@@H](O)[C@H](C)O2)[C@H](C)[C@@H](OC2O[C@H](C)C[C@H](N(C)C3CCCCC3)[C@H]2O)[C@@](C)(OC)C[C@@H](C)C(=O)[C@H](C)[C@H]2N(CCc3ccc(Cl)cc3)C(=O)O[C@]12C. The zero-order chi connectivity index (χ0) is 50.0. The van der Waals surface area contributed by atoms with E-state index >= 15 is 4.79 Å². The van der Waals surface area contributed by atoms with Crippen molar-refractivity contribution in [2.45, 2.75) is 224 Å². The normalized spacial score (nSPS) is 42.6. The number of aliphatic hydroxyl groups is 2. The summed E-state index contributed by atoms with van der Waals surface area (Å²) in [4.78, 5) is 48.2. The number of Topliss-reactive ketones (excluding diaryl/α,β-unsaturated/α-hetero) is 1. The van der Waals surface area contributed by atoms with Gasteiger partial charge in [-0.05, 0) is 105 Å². The van der Waals surface area contributed by atoms with Gasteiger partial charge in [0.2, 0.25) is 0 Å². The van der Waals surface area contributed by atoms with Crippen LogP contribution in [-0.2, 0) is 53.9 Å². The fourth-order valence-electron chi connectivity index (χ4n) is 12.4. The number of esters is 1. The van der Waals surface area contributed by atoms with Gasteiger partial charge < -0.3 is 48.1 Å². The average molecular weight is 980 g/mol. The summed E-state index contributed by atoms with van der Waals surface area (Å²) in [7, 11) is 5.19. The third-order valence-corrected chi connectivity index (χ3v) is 16.9.